The molecule has 0 spiro atoms. The summed E-state index contributed by atoms with van der Waals surface area (Å²) in [7, 11) is 0. The van der Waals surface area contributed by atoms with Gasteiger partial charge in [0, 0.05) is 6.61 Å². The molecule has 0 bridgehead atoms. The second kappa shape index (κ2) is 6.61. The minimum Gasteiger partial charge on any atom is -0.505 e. The Balaban J connectivity index is 1.78. The van der Waals surface area contributed by atoms with Crippen LogP contribution in [-0.4, -0.2) is 32.3 Å². The summed E-state index contributed by atoms with van der Waals surface area (Å²) in [5.74, 6) is 0.230. The molecule has 126 valence electrons. The Hall–Kier alpha value is -2.40. The largest absolute Gasteiger partial charge is 0.505 e. The van der Waals surface area contributed by atoms with Crippen LogP contribution in [0.3, 0.4) is 0 Å². The van der Waals surface area contributed by atoms with Crippen LogP contribution in [0, 0.1) is 0 Å². The van der Waals surface area contributed by atoms with E-state index in [0.717, 1.165) is 29.4 Å². The normalized spacial score (nSPS) is 12.0. The van der Waals surface area contributed by atoms with E-state index in [-0.39, 0.29) is 11.4 Å². The average Bonchev–Trinajstić information content (AvgIpc) is 2.95. The molecular formula is C19H23N3O2. The fraction of sp³-hybridized carbons (Fsp3) is 0.368. The van der Waals surface area contributed by atoms with Crippen molar-refractivity contribution in [1.29, 1.82) is 0 Å². The van der Waals surface area contributed by atoms with Gasteiger partial charge in [-0.25, -0.2) is 0 Å². The van der Waals surface area contributed by atoms with Gasteiger partial charge in [-0.15, -0.1) is 15.0 Å². The molecule has 1 N–H and O–H groups in total. The van der Waals surface area contributed by atoms with E-state index in [1.54, 1.807) is 0 Å². The van der Waals surface area contributed by atoms with E-state index in [1.165, 1.54) is 4.80 Å². The average molecular weight is 325 g/mol. The van der Waals surface area contributed by atoms with Crippen molar-refractivity contribution in [2.24, 2.45) is 0 Å². The number of hydrogen-bond donors (Lipinski definition) is 1. The van der Waals surface area contributed by atoms with Gasteiger partial charge >= 0.3 is 0 Å². The summed E-state index contributed by atoms with van der Waals surface area (Å²) in [5, 5.41) is 19.5. The van der Waals surface area contributed by atoms with Gasteiger partial charge in [-0.1, -0.05) is 24.3 Å². The summed E-state index contributed by atoms with van der Waals surface area (Å²) in [6, 6.07) is 13.3. The Labute approximate surface area is 141 Å². The van der Waals surface area contributed by atoms with Crippen LogP contribution in [0.15, 0.2) is 42.5 Å². The number of benzene rings is 2. The van der Waals surface area contributed by atoms with Gasteiger partial charge in [-0.05, 0) is 57.4 Å². The van der Waals surface area contributed by atoms with Gasteiger partial charge in [0.2, 0.25) is 0 Å². The van der Waals surface area contributed by atoms with Crippen molar-refractivity contribution in [2.45, 2.75) is 39.2 Å². The van der Waals surface area contributed by atoms with E-state index in [1.807, 2.05) is 63.2 Å². The van der Waals surface area contributed by atoms with Crippen molar-refractivity contribution >= 4 is 11.0 Å². The van der Waals surface area contributed by atoms with Crippen LogP contribution < -0.4 is 0 Å². The molecule has 0 aliphatic heterocycles. The number of aryl methyl sites for hydroxylation is 1. The van der Waals surface area contributed by atoms with Crippen molar-refractivity contribution in [3.8, 4) is 11.4 Å². The predicted octanol–water partition coefficient (Wildman–Crippen LogP) is 3.87. The third-order valence-electron chi connectivity index (χ3n) is 3.73. The lowest BCUT2D eigenvalue weighted by Gasteiger charge is -2.19. The fourth-order valence-corrected chi connectivity index (χ4v) is 2.55. The van der Waals surface area contributed by atoms with Crippen molar-refractivity contribution in [3.63, 3.8) is 0 Å². The summed E-state index contributed by atoms with van der Waals surface area (Å²) < 4.78 is 5.73. The number of aromatic hydroxyl groups is 1. The topological polar surface area (TPSA) is 60.2 Å². The first-order chi connectivity index (χ1) is 11.4. The van der Waals surface area contributed by atoms with E-state index >= 15 is 0 Å². The maximum atomic E-state index is 10.6. The number of rotatable bonds is 5. The van der Waals surface area contributed by atoms with Crippen molar-refractivity contribution in [1.82, 2.24) is 15.0 Å². The van der Waals surface area contributed by atoms with Crippen LogP contribution >= 0.6 is 0 Å². The van der Waals surface area contributed by atoms with Gasteiger partial charge in [0.1, 0.15) is 22.5 Å². The number of para-hydroxylation sites is 1. The van der Waals surface area contributed by atoms with Gasteiger partial charge in [0.15, 0.2) is 0 Å². The number of fused-ring (bicyclic) bond motifs is 1. The molecule has 3 rings (SSSR count). The van der Waals surface area contributed by atoms with Gasteiger partial charge in [0.05, 0.1) is 5.60 Å². The van der Waals surface area contributed by atoms with Crippen molar-refractivity contribution < 1.29 is 9.84 Å². The summed E-state index contributed by atoms with van der Waals surface area (Å²) in [4.78, 5) is 1.50. The molecule has 5 nitrogen and oxygen atoms in total. The van der Waals surface area contributed by atoms with Gasteiger partial charge in [-0.3, -0.25) is 0 Å². The van der Waals surface area contributed by atoms with Crippen LogP contribution in [-0.2, 0) is 11.2 Å². The molecule has 0 saturated heterocycles. The zero-order valence-electron chi connectivity index (χ0n) is 14.4. The Morgan fingerprint density at radius 2 is 1.67 bits per heavy atom. The molecule has 0 radical (unpaired) electrons. The molecule has 0 amide bonds. The van der Waals surface area contributed by atoms with Gasteiger partial charge in [-0.2, -0.15) is 0 Å². The van der Waals surface area contributed by atoms with Crippen molar-refractivity contribution in [2.75, 3.05) is 6.61 Å². The van der Waals surface area contributed by atoms with E-state index in [9.17, 15) is 5.11 Å². The first-order valence-corrected chi connectivity index (χ1v) is 8.21. The Kier molecular flexibility index (Phi) is 4.53. The molecule has 1 aromatic heterocycles. The Morgan fingerprint density at radius 1 is 1.00 bits per heavy atom. The number of nitrogens with zero attached hydrogens (tertiary/aromatic N) is 3. The number of aromatic nitrogens is 3. The highest BCUT2D eigenvalue weighted by Crippen LogP contribution is 2.27. The van der Waals surface area contributed by atoms with Crippen LogP contribution in [0.25, 0.3) is 16.7 Å². The highest BCUT2D eigenvalue weighted by molar-refractivity contribution is 5.73. The SMILES string of the molecule is CC(C)(C)OCCCc1cccc(-n2nc3ccccc3n2)c1O. The molecule has 1 heterocycles. The maximum Gasteiger partial charge on any atom is 0.146 e. The predicted molar refractivity (Wildman–Crippen MR) is 94.6 cm³/mol. The lowest BCUT2D eigenvalue weighted by atomic mass is 10.1. The molecule has 0 saturated carbocycles. The summed E-state index contributed by atoms with van der Waals surface area (Å²) >= 11 is 0. The molecule has 3 aromatic rings. The second-order valence-corrected chi connectivity index (χ2v) is 6.83. The van der Waals surface area contributed by atoms with E-state index in [0.29, 0.717) is 12.3 Å². The van der Waals surface area contributed by atoms with E-state index < -0.39 is 0 Å². The molecule has 0 fully saturated rings. The maximum absolute atomic E-state index is 10.6. The van der Waals surface area contributed by atoms with Crippen LogP contribution in [0.4, 0.5) is 0 Å². The third-order valence-corrected chi connectivity index (χ3v) is 3.73. The lowest BCUT2D eigenvalue weighted by molar-refractivity contribution is -0.00387. The van der Waals surface area contributed by atoms with Gasteiger partial charge < -0.3 is 9.84 Å². The molecule has 24 heavy (non-hydrogen) atoms. The smallest absolute Gasteiger partial charge is 0.146 e. The highest BCUT2D eigenvalue weighted by atomic mass is 16.5. The quantitative estimate of drug-likeness (QED) is 0.723. The van der Waals surface area contributed by atoms with E-state index in [4.69, 9.17) is 4.74 Å². The van der Waals surface area contributed by atoms with Crippen LogP contribution in [0.2, 0.25) is 0 Å². The second-order valence-electron chi connectivity index (χ2n) is 6.83. The molecule has 2 aromatic carbocycles. The van der Waals surface area contributed by atoms with Crippen LogP contribution in [0.5, 0.6) is 5.75 Å². The highest BCUT2D eigenvalue weighted by Gasteiger charge is 2.13. The number of ether oxygens (including phenoxy) is 1. The molecule has 0 aliphatic rings. The molecule has 0 aliphatic carbocycles. The van der Waals surface area contributed by atoms with Gasteiger partial charge in [0.25, 0.3) is 0 Å². The number of phenols is 1. The summed E-state index contributed by atoms with van der Waals surface area (Å²) in [6.45, 7) is 6.79. The first-order valence-electron chi connectivity index (χ1n) is 8.21. The fourth-order valence-electron chi connectivity index (χ4n) is 2.55. The van der Waals surface area contributed by atoms with Crippen molar-refractivity contribution in [3.05, 3.63) is 48.0 Å². The van der Waals surface area contributed by atoms with E-state index in [2.05, 4.69) is 10.2 Å². The zero-order chi connectivity index (χ0) is 17.2. The monoisotopic (exact) mass is 325 g/mol. The number of hydrogen-bond acceptors (Lipinski definition) is 4. The Bertz CT molecular complexity index is 801. The summed E-state index contributed by atoms with van der Waals surface area (Å²) in [6.07, 6.45) is 1.60. The Morgan fingerprint density at radius 3 is 2.29 bits per heavy atom. The molecule has 0 atom stereocenters. The minimum absolute atomic E-state index is 0.136. The first kappa shape index (κ1) is 16.5. The molecular weight excluding hydrogens is 302 g/mol. The lowest BCUT2D eigenvalue weighted by Crippen LogP contribution is -2.19. The minimum atomic E-state index is -0.136. The molecule has 5 heteroatoms. The number of phenolic OH excluding ortho intramolecular Hbond substituents is 1. The standard InChI is InChI=1S/C19H23N3O2/c1-19(2,3)24-13-7-9-14-8-6-12-17(18(14)23)22-20-15-10-4-5-11-16(15)21-22/h4-6,8,10-12,23H,7,9,13H2,1-3H3. The van der Waals surface area contributed by atoms with Crippen LogP contribution in [0.1, 0.15) is 32.8 Å². The third kappa shape index (κ3) is 3.74. The molecule has 0 unspecified atom stereocenters. The summed E-state index contributed by atoms with van der Waals surface area (Å²) in [5.41, 5.74) is 2.96. The zero-order valence-corrected chi connectivity index (χ0v) is 14.4.